The Morgan fingerprint density at radius 3 is 2.39 bits per heavy atom. The molecule has 0 fully saturated rings. The minimum atomic E-state index is 0.331. The summed E-state index contributed by atoms with van der Waals surface area (Å²) in [6, 6.07) is 0. The van der Waals surface area contributed by atoms with E-state index in [1.807, 2.05) is 0 Å². The highest BCUT2D eigenvalue weighted by Crippen LogP contribution is 2.25. The first-order valence-corrected chi connectivity index (χ1v) is 6.97. The van der Waals surface area contributed by atoms with Crippen molar-refractivity contribution in [2.75, 3.05) is 11.9 Å². The highest BCUT2D eigenvalue weighted by Gasteiger charge is 2.20. The number of hydrogen-bond donors (Lipinski definition) is 1. The maximum absolute atomic E-state index is 4.57. The van der Waals surface area contributed by atoms with E-state index in [9.17, 15) is 0 Å². The number of rotatable bonds is 5. The molecular formula is C15H29N3. The summed E-state index contributed by atoms with van der Waals surface area (Å²) in [6.07, 6.45) is 2.13. The predicted octanol–water partition coefficient (Wildman–Crippen LogP) is 3.94. The molecule has 0 spiro atoms. The van der Waals surface area contributed by atoms with Crippen LogP contribution in [0.3, 0.4) is 0 Å². The van der Waals surface area contributed by atoms with E-state index in [0.717, 1.165) is 24.7 Å². The normalized spacial score (nSPS) is 14.0. The molecule has 0 saturated heterocycles. The van der Waals surface area contributed by atoms with Gasteiger partial charge in [0.1, 0.15) is 0 Å². The van der Waals surface area contributed by atoms with Crippen LogP contribution in [-0.4, -0.2) is 16.1 Å². The van der Waals surface area contributed by atoms with Crippen LogP contribution in [0.5, 0.6) is 0 Å². The summed E-state index contributed by atoms with van der Waals surface area (Å²) in [5, 5.41) is 3.50. The van der Waals surface area contributed by atoms with Gasteiger partial charge in [0.2, 0.25) is 5.95 Å². The summed E-state index contributed by atoms with van der Waals surface area (Å²) >= 11 is 0. The first kappa shape index (κ1) is 15.1. The molecule has 1 rings (SSSR count). The van der Waals surface area contributed by atoms with E-state index in [1.54, 1.807) is 0 Å². The predicted molar refractivity (Wildman–Crippen MR) is 78.9 cm³/mol. The van der Waals surface area contributed by atoms with Gasteiger partial charge in [-0.1, -0.05) is 41.5 Å². The molecule has 0 aliphatic heterocycles. The summed E-state index contributed by atoms with van der Waals surface area (Å²) in [7, 11) is 0. The highest BCUT2D eigenvalue weighted by atomic mass is 15.2. The van der Waals surface area contributed by atoms with Crippen LogP contribution in [0.15, 0.2) is 6.20 Å². The van der Waals surface area contributed by atoms with Gasteiger partial charge in [-0.25, -0.2) is 4.98 Å². The number of hydrogen-bond acceptors (Lipinski definition) is 2. The van der Waals surface area contributed by atoms with Crippen molar-refractivity contribution in [2.24, 2.45) is 17.3 Å². The largest absolute Gasteiger partial charge is 0.355 e. The second-order valence-electron chi connectivity index (χ2n) is 6.90. The summed E-state index contributed by atoms with van der Waals surface area (Å²) in [5.41, 5.74) is 1.42. The van der Waals surface area contributed by atoms with Crippen LogP contribution in [0.25, 0.3) is 0 Å². The molecule has 1 heterocycles. The molecule has 1 aromatic rings. The van der Waals surface area contributed by atoms with Crippen molar-refractivity contribution in [3.8, 4) is 0 Å². The average molecular weight is 251 g/mol. The van der Waals surface area contributed by atoms with Crippen molar-refractivity contribution in [1.29, 1.82) is 0 Å². The van der Waals surface area contributed by atoms with Crippen LogP contribution < -0.4 is 5.32 Å². The summed E-state index contributed by atoms with van der Waals surface area (Å²) in [4.78, 5) is 4.57. The Kier molecular flexibility index (Phi) is 4.83. The van der Waals surface area contributed by atoms with Crippen molar-refractivity contribution in [2.45, 2.75) is 55.0 Å². The molecule has 104 valence electrons. The number of aromatic nitrogens is 2. The van der Waals surface area contributed by atoms with Crippen LogP contribution in [-0.2, 0) is 6.54 Å². The van der Waals surface area contributed by atoms with Crippen molar-refractivity contribution in [1.82, 2.24) is 9.55 Å². The third kappa shape index (κ3) is 4.35. The first-order chi connectivity index (χ1) is 8.20. The lowest BCUT2D eigenvalue weighted by atomic mass is 9.82. The zero-order valence-electron chi connectivity index (χ0n) is 13.0. The molecule has 0 aliphatic rings. The molecule has 0 bridgehead atoms. The fourth-order valence-corrected chi connectivity index (χ4v) is 1.77. The van der Waals surface area contributed by atoms with Gasteiger partial charge in [0.25, 0.3) is 0 Å². The molecule has 0 radical (unpaired) electrons. The number of nitrogens with one attached hydrogen (secondary N) is 1. The number of aryl methyl sites for hydroxylation is 1. The number of anilines is 1. The lowest BCUT2D eigenvalue weighted by Gasteiger charge is -2.27. The van der Waals surface area contributed by atoms with Crippen molar-refractivity contribution in [3.05, 3.63) is 11.9 Å². The van der Waals surface area contributed by atoms with Gasteiger partial charge in [-0.15, -0.1) is 0 Å². The van der Waals surface area contributed by atoms with Crippen LogP contribution in [0, 0.1) is 24.2 Å². The minimum Gasteiger partial charge on any atom is -0.355 e. The van der Waals surface area contributed by atoms with Crippen LogP contribution in [0.4, 0.5) is 5.95 Å². The van der Waals surface area contributed by atoms with Gasteiger partial charge in [-0.05, 0) is 24.2 Å². The average Bonchev–Trinajstić information content (AvgIpc) is 2.52. The van der Waals surface area contributed by atoms with E-state index in [2.05, 4.69) is 69.5 Å². The Morgan fingerprint density at radius 1 is 1.28 bits per heavy atom. The molecular weight excluding hydrogens is 222 g/mol. The third-order valence-electron chi connectivity index (χ3n) is 3.50. The highest BCUT2D eigenvalue weighted by molar-refractivity contribution is 5.28. The van der Waals surface area contributed by atoms with Crippen LogP contribution in [0.2, 0.25) is 0 Å². The van der Waals surface area contributed by atoms with Crippen molar-refractivity contribution >= 4 is 5.95 Å². The molecule has 0 aromatic carbocycles. The second-order valence-corrected chi connectivity index (χ2v) is 6.90. The van der Waals surface area contributed by atoms with Gasteiger partial charge < -0.3 is 9.88 Å². The van der Waals surface area contributed by atoms with Crippen molar-refractivity contribution in [3.63, 3.8) is 0 Å². The fourth-order valence-electron chi connectivity index (χ4n) is 1.77. The minimum absolute atomic E-state index is 0.331. The standard InChI is InChI=1S/C15H29N3/c1-11(2)9-18-10-13(4)17-14(18)16-8-12(3)15(5,6)7/h10-12H,8-9H2,1-7H3,(H,16,17). The monoisotopic (exact) mass is 251 g/mol. The zero-order valence-corrected chi connectivity index (χ0v) is 13.0. The summed E-state index contributed by atoms with van der Waals surface area (Å²) in [6.45, 7) is 17.6. The van der Waals surface area contributed by atoms with E-state index < -0.39 is 0 Å². The van der Waals surface area contributed by atoms with Crippen molar-refractivity contribution < 1.29 is 0 Å². The SMILES string of the molecule is Cc1cn(CC(C)C)c(NCC(C)C(C)(C)C)n1. The Hall–Kier alpha value is -0.990. The van der Waals surface area contributed by atoms with Gasteiger partial charge in [0.05, 0.1) is 5.69 Å². The van der Waals surface area contributed by atoms with Gasteiger partial charge >= 0.3 is 0 Å². The molecule has 1 unspecified atom stereocenters. The Bertz CT molecular complexity index is 372. The van der Waals surface area contributed by atoms with Crippen LogP contribution in [0.1, 0.15) is 47.2 Å². The quantitative estimate of drug-likeness (QED) is 0.859. The molecule has 0 aliphatic carbocycles. The summed E-state index contributed by atoms with van der Waals surface area (Å²) < 4.78 is 2.23. The molecule has 1 aromatic heterocycles. The van der Waals surface area contributed by atoms with Gasteiger partial charge in [-0.2, -0.15) is 0 Å². The van der Waals surface area contributed by atoms with Crippen LogP contribution >= 0.6 is 0 Å². The third-order valence-corrected chi connectivity index (χ3v) is 3.50. The molecule has 1 N–H and O–H groups in total. The maximum Gasteiger partial charge on any atom is 0.203 e. The van der Waals surface area contributed by atoms with E-state index in [1.165, 1.54) is 0 Å². The number of imidazole rings is 1. The maximum atomic E-state index is 4.57. The smallest absolute Gasteiger partial charge is 0.203 e. The Balaban J connectivity index is 2.67. The summed E-state index contributed by atoms with van der Waals surface area (Å²) in [5.74, 6) is 2.26. The number of nitrogens with zero attached hydrogens (tertiary/aromatic N) is 2. The molecule has 3 heteroatoms. The molecule has 0 amide bonds. The van der Waals surface area contributed by atoms with E-state index in [0.29, 0.717) is 17.3 Å². The lowest BCUT2D eigenvalue weighted by molar-refractivity contribution is 0.274. The van der Waals surface area contributed by atoms with Gasteiger partial charge in [-0.3, -0.25) is 0 Å². The molecule has 0 saturated carbocycles. The Labute approximate surface area is 112 Å². The van der Waals surface area contributed by atoms with Gasteiger partial charge in [0.15, 0.2) is 0 Å². The topological polar surface area (TPSA) is 29.9 Å². The second kappa shape index (κ2) is 5.77. The van der Waals surface area contributed by atoms with E-state index >= 15 is 0 Å². The lowest BCUT2D eigenvalue weighted by Crippen LogP contribution is -2.26. The van der Waals surface area contributed by atoms with E-state index in [4.69, 9.17) is 0 Å². The molecule has 18 heavy (non-hydrogen) atoms. The molecule has 1 atom stereocenters. The van der Waals surface area contributed by atoms with E-state index in [-0.39, 0.29) is 0 Å². The van der Waals surface area contributed by atoms with Gasteiger partial charge in [0, 0.05) is 19.3 Å². The fraction of sp³-hybridized carbons (Fsp3) is 0.800. The molecule has 3 nitrogen and oxygen atoms in total. The first-order valence-electron chi connectivity index (χ1n) is 6.97. The Morgan fingerprint density at radius 2 is 1.89 bits per heavy atom. The zero-order chi connectivity index (χ0) is 13.9.